The molecule has 3 aromatic rings. The van der Waals surface area contributed by atoms with Crippen molar-refractivity contribution in [2.24, 2.45) is 5.10 Å². The first kappa shape index (κ1) is 19.1. The van der Waals surface area contributed by atoms with E-state index in [4.69, 9.17) is 32.7 Å². The number of benzene rings is 3. The van der Waals surface area contributed by atoms with E-state index in [9.17, 15) is 0 Å². The van der Waals surface area contributed by atoms with Gasteiger partial charge in [-0.2, -0.15) is 5.10 Å². The van der Waals surface area contributed by atoms with Crippen LogP contribution in [0.1, 0.15) is 11.1 Å². The molecule has 0 aliphatic rings. The summed E-state index contributed by atoms with van der Waals surface area (Å²) < 4.78 is 11.4. The maximum atomic E-state index is 6.03. The third kappa shape index (κ3) is 5.39. The molecule has 3 aromatic carbocycles. The van der Waals surface area contributed by atoms with E-state index in [2.05, 4.69) is 10.5 Å². The summed E-state index contributed by atoms with van der Waals surface area (Å²) in [5.41, 5.74) is 5.55. The number of nitrogens with zero attached hydrogens (tertiary/aromatic N) is 1. The van der Waals surface area contributed by atoms with Crippen molar-refractivity contribution in [2.75, 3.05) is 12.5 Å². The van der Waals surface area contributed by atoms with Gasteiger partial charge in [-0.25, -0.2) is 0 Å². The summed E-state index contributed by atoms with van der Waals surface area (Å²) >= 11 is 11.9. The minimum atomic E-state index is 0.367. The summed E-state index contributed by atoms with van der Waals surface area (Å²) in [7, 11) is 1.61. The van der Waals surface area contributed by atoms with Crippen LogP contribution >= 0.6 is 23.2 Å². The average Bonchev–Trinajstić information content (AvgIpc) is 2.68. The predicted molar refractivity (Wildman–Crippen MR) is 111 cm³/mol. The molecule has 0 fully saturated rings. The molecule has 3 rings (SSSR count). The summed E-state index contributed by atoms with van der Waals surface area (Å²) in [6.07, 6.45) is 1.68. The summed E-state index contributed by atoms with van der Waals surface area (Å²) in [5, 5.41) is 5.62. The number of para-hydroxylation sites is 1. The van der Waals surface area contributed by atoms with Crippen LogP contribution in [0.25, 0.3) is 0 Å². The fraction of sp³-hybridized carbons (Fsp3) is 0.0952. The molecule has 0 bridgehead atoms. The van der Waals surface area contributed by atoms with Crippen LogP contribution < -0.4 is 14.9 Å². The van der Waals surface area contributed by atoms with Crippen LogP contribution in [0.4, 0.5) is 5.69 Å². The van der Waals surface area contributed by atoms with Crippen LogP contribution in [0.2, 0.25) is 10.0 Å². The normalized spacial score (nSPS) is 10.8. The number of hydrogen-bond donors (Lipinski definition) is 1. The molecule has 0 amide bonds. The van der Waals surface area contributed by atoms with Crippen LogP contribution in [0.15, 0.2) is 71.8 Å². The Bertz CT molecular complexity index is 928. The first-order valence-electron chi connectivity index (χ1n) is 8.24. The lowest BCUT2D eigenvalue weighted by Gasteiger charge is -2.13. The molecule has 0 aliphatic heterocycles. The number of rotatable bonds is 7. The molecule has 1 N–H and O–H groups in total. The van der Waals surface area contributed by atoms with Crippen molar-refractivity contribution in [1.29, 1.82) is 0 Å². The molecular weight excluding hydrogens is 383 g/mol. The zero-order chi connectivity index (χ0) is 19.1. The fourth-order valence-corrected chi connectivity index (χ4v) is 2.77. The molecule has 6 heteroatoms. The van der Waals surface area contributed by atoms with Gasteiger partial charge < -0.3 is 9.47 Å². The van der Waals surface area contributed by atoms with Gasteiger partial charge in [-0.15, -0.1) is 0 Å². The highest BCUT2D eigenvalue weighted by Gasteiger charge is 2.10. The SMILES string of the molecule is COc1cccc(C=NNc2ccc(Cl)cc2)c1OCc1cccc(Cl)c1. The molecule has 0 saturated carbocycles. The van der Waals surface area contributed by atoms with Crippen molar-refractivity contribution in [3.05, 3.63) is 87.9 Å². The molecular formula is C21H18Cl2N2O2. The van der Waals surface area contributed by atoms with E-state index in [1.165, 1.54) is 0 Å². The van der Waals surface area contributed by atoms with Crippen molar-refractivity contribution in [3.63, 3.8) is 0 Å². The van der Waals surface area contributed by atoms with Crippen molar-refractivity contribution in [2.45, 2.75) is 6.61 Å². The van der Waals surface area contributed by atoms with Gasteiger partial charge in [0.15, 0.2) is 11.5 Å². The quantitative estimate of drug-likeness (QED) is 0.389. The molecule has 0 spiro atoms. The van der Waals surface area contributed by atoms with Gasteiger partial charge in [0.05, 0.1) is 19.0 Å². The Morgan fingerprint density at radius 1 is 0.963 bits per heavy atom. The Balaban J connectivity index is 1.76. The summed E-state index contributed by atoms with van der Waals surface area (Å²) in [4.78, 5) is 0. The van der Waals surface area contributed by atoms with E-state index in [0.29, 0.717) is 28.2 Å². The average molecular weight is 401 g/mol. The van der Waals surface area contributed by atoms with Crippen molar-refractivity contribution >= 4 is 35.1 Å². The van der Waals surface area contributed by atoms with Gasteiger partial charge in [-0.1, -0.05) is 41.4 Å². The Kier molecular flexibility index (Phi) is 6.58. The molecule has 4 nitrogen and oxygen atoms in total. The molecule has 0 unspecified atom stereocenters. The monoisotopic (exact) mass is 400 g/mol. The highest BCUT2D eigenvalue weighted by molar-refractivity contribution is 6.30. The standard InChI is InChI=1S/C21H18Cl2N2O2/c1-26-20-7-3-5-16(13-24-25-19-10-8-17(22)9-11-19)21(20)27-14-15-4-2-6-18(23)12-15/h2-13,25H,14H2,1H3. The first-order valence-corrected chi connectivity index (χ1v) is 9.00. The van der Waals surface area contributed by atoms with Gasteiger partial charge in [0.1, 0.15) is 6.61 Å². The lowest BCUT2D eigenvalue weighted by atomic mass is 10.2. The van der Waals surface area contributed by atoms with Crippen molar-refractivity contribution < 1.29 is 9.47 Å². The van der Waals surface area contributed by atoms with Crippen LogP contribution in [-0.4, -0.2) is 13.3 Å². The van der Waals surface area contributed by atoms with Gasteiger partial charge in [0.25, 0.3) is 0 Å². The maximum Gasteiger partial charge on any atom is 0.170 e. The largest absolute Gasteiger partial charge is 0.493 e. The first-order chi connectivity index (χ1) is 13.2. The molecule has 27 heavy (non-hydrogen) atoms. The minimum absolute atomic E-state index is 0.367. The van der Waals surface area contributed by atoms with Gasteiger partial charge in [0, 0.05) is 15.6 Å². The van der Waals surface area contributed by atoms with Crippen LogP contribution in [0.5, 0.6) is 11.5 Å². The lowest BCUT2D eigenvalue weighted by molar-refractivity contribution is 0.284. The van der Waals surface area contributed by atoms with Crippen LogP contribution in [-0.2, 0) is 6.61 Å². The van der Waals surface area contributed by atoms with Crippen molar-refractivity contribution in [3.8, 4) is 11.5 Å². The number of hydrazone groups is 1. The van der Waals surface area contributed by atoms with E-state index in [1.807, 2.05) is 54.6 Å². The maximum absolute atomic E-state index is 6.03. The molecule has 0 heterocycles. The smallest absolute Gasteiger partial charge is 0.170 e. The van der Waals surface area contributed by atoms with Gasteiger partial charge in [-0.3, -0.25) is 5.43 Å². The molecule has 0 saturated heterocycles. The van der Waals surface area contributed by atoms with E-state index >= 15 is 0 Å². The van der Waals surface area contributed by atoms with Crippen molar-refractivity contribution in [1.82, 2.24) is 0 Å². The highest BCUT2D eigenvalue weighted by Crippen LogP contribution is 2.31. The summed E-state index contributed by atoms with van der Waals surface area (Å²) in [5.74, 6) is 1.24. The Morgan fingerprint density at radius 3 is 2.48 bits per heavy atom. The molecule has 0 aliphatic carbocycles. The summed E-state index contributed by atoms with van der Waals surface area (Å²) in [6, 6.07) is 20.5. The number of nitrogens with one attached hydrogen (secondary N) is 1. The number of anilines is 1. The number of halogens is 2. The van der Waals surface area contributed by atoms with E-state index < -0.39 is 0 Å². The lowest BCUT2D eigenvalue weighted by Crippen LogP contribution is -2.01. The summed E-state index contributed by atoms with van der Waals surface area (Å²) in [6.45, 7) is 0.367. The second kappa shape index (κ2) is 9.31. The number of hydrogen-bond acceptors (Lipinski definition) is 4. The zero-order valence-corrected chi connectivity index (χ0v) is 16.2. The van der Waals surface area contributed by atoms with Crippen LogP contribution in [0.3, 0.4) is 0 Å². The third-order valence-electron chi connectivity index (χ3n) is 3.74. The van der Waals surface area contributed by atoms with E-state index in [0.717, 1.165) is 16.8 Å². The van der Waals surface area contributed by atoms with Gasteiger partial charge in [0.2, 0.25) is 0 Å². The molecule has 0 radical (unpaired) electrons. The highest BCUT2D eigenvalue weighted by atomic mass is 35.5. The van der Waals surface area contributed by atoms with Gasteiger partial charge >= 0.3 is 0 Å². The topological polar surface area (TPSA) is 42.8 Å². The Hall–Kier alpha value is -2.69. The fourth-order valence-electron chi connectivity index (χ4n) is 2.43. The van der Waals surface area contributed by atoms with Crippen LogP contribution in [0, 0.1) is 0 Å². The number of methoxy groups -OCH3 is 1. The number of ether oxygens (including phenoxy) is 2. The Morgan fingerprint density at radius 2 is 1.74 bits per heavy atom. The third-order valence-corrected chi connectivity index (χ3v) is 4.23. The van der Waals surface area contributed by atoms with E-state index in [-0.39, 0.29) is 0 Å². The molecule has 138 valence electrons. The molecule has 0 aromatic heterocycles. The van der Waals surface area contributed by atoms with Gasteiger partial charge in [-0.05, 0) is 54.1 Å². The Labute approximate surface area is 168 Å². The zero-order valence-electron chi connectivity index (χ0n) is 14.7. The minimum Gasteiger partial charge on any atom is -0.493 e. The second-order valence-electron chi connectivity index (χ2n) is 5.67. The second-order valence-corrected chi connectivity index (χ2v) is 6.55. The predicted octanol–water partition coefficient (Wildman–Crippen LogP) is 6.03. The molecule has 0 atom stereocenters. The van der Waals surface area contributed by atoms with E-state index in [1.54, 1.807) is 25.5 Å².